The lowest BCUT2D eigenvalue weighted by atomic mass is 9.81. The van der Waals surface area contributed by atoms with Crippen molar-refractivity contribution in [2.24, 2.45) is 10.2 Å². The summed E-state index contributed by atoms with van der Waals surface area (Å²) in [5.74, 6) is 1.04. The van der Waals surface area contributed by atoms with Crippen LogP contribution in [0.5, 0.6) is 5.75 Å². The molecule has 0 amide bonds. The molecule has 1 atom stereocenters. The molecule has 2 aromatic carbocycles. The summed E-state index contributed by atoms with van der Waals surface area (Å²) in [6.07, 6.45) is 3.16. The number of nitrogens with zero attached hydrogens (tertiary/aromatic N) is 3. The number of fused-ring (bicyclic) bond motifs is 1. The molecule has 1 N–H and O–H groups in total. The van der Waals surface area contributed by atoms with E-state index in [1.54, 1.807) is 19.4 Å². The maximum Gasteiger partial charge on any atom is 0.264 e. The fourth-order valence-electron chi connectivity index (χ4n) is 3.39. The normalized spacial score (nSPS) is 17.6. The Bertz CT molecular complexity index is 1070. The molecule has 28 heavy (non-hydrogen) atoms. The number of hydrogen-bond donors (Lipinski definition) is 1. The Morgan fingerprint density at radius 3 is 2.64 bits per heavy atom. The van der Waals surface area contributed by atoms with Crippen molar-refractivity contribution in [1.29, 1.82) is 0 Å². The van der Waals surface area contributed by atoms with Crippen molar-refractivity contribution < 1.29 is 4.74 Å². The maximum absolute atomic E-state index is 11.8. The zero-order valence-electron chi connectivity index (χ0n) is 15.5. The summed E-state index contributed by atoms with van der Waals surface area (Å²) in [5, 5.41) is 15.5. The van der Waals surface area contributed by atoms with E-state index in [0.29, 0.717) is 6.42 Å². The van der Waals surface area contributed by atoms with E-state index < -0.39 is 0 Å². The highest BCUT2D eigenvalue weighted by Crippen LogP contribution is 2.31. The highest BCUT2D eigenvalue weighted by Gasteiger charge is 2.26. The minimum absolute atomic E-state index is 0.233. The van der Waals surface area contributed by atoms with Gasteiger partial charge in [-0.1, -0.05) is 30.3 Å². The lowest BCUT2D eigenvalue weighted by molar-refractivity contribution is 0.415. The van der Waals surface area contributed by atoms with Crippen molar-refractivity contribution in [3.05, 3.63) is 93.4 Å². The molecule has 0 radical (unpaired) electrons. The Hall–Kier alpha value is -3.54. The van der Waals surface area contributed by atoms with Crippen LogP contribution in [0.3, 0.4) is 0 Å². The maximum atomic E-state index is 11.8. The van der Waals surface area contributed by atoms with Crippen LogP contribution in [0.25, 0.3) is 0 Å². The molecule has 0 saturated carbocycles. The first-order valence-corrected chi connectivity index (χ1v) is 9.11. The smallest absolute Gasteiger partial charge is 0.264 e. The molecule has 3 aromatic rings. The molecule has 0 bridgehead atoms. The third kappa shape index (κ3) is 3.91. The summed E-state index contributed by atoms with van der Waals surface area (Å²) >= 11 is 0. The number of nitrogens with one attached hydrogen (secondary N) is 1. The Morgan fingerprint density at radius 2 is 1.89 bits per heavy atom. The third-order valence-electron chi connectivity index (χ3n) is 4.85. The number of hydrogen-bond acceptors (Lipinski definition) is 5. The Morgan fingerprint density at radius 1 is 1.11 bits per heavy atom. The first kappa shape index (κ1) is 17.9. The third-order valence-corrected chi connectivity index (χ3v) is 4.85. The van der Waals surface area contributed by atoms with Gasteiger partial charge in [0.05, 0.1) is 24.7 Å². The number of benzene rings is 2. The minimum atomic E-state index is -0.233. The molecule has 1 unspecified atom stereocenters. The zero-order chi connectivity index (χ0) is 19.3. The van der Waals surface area contributed by atoms with Gasteiger partial charge in [-0.15, -0.1) is 0 Å². The Labute approximate surface area is 162 Å². The van der Waals surface area contributed by atoms with Crippen molar-refractivity contribution in [3.8, 4) is 5.75 Å². The molecule has 0 saturated heterocycles. The van der Waals surface area contributed by atoms with Crippen molar-refractivity contribution in [2.75, 3.05) is 7.11 Å². The first-order chi connectivity index (χ1) is 13.7. The Kier molecular flexibility index (Phi) is 5.10. The Balaban J connectivity index is 1.65. The number of rotatable bonds is 4. The molecule has 1 aromatic heterocycles. The van der Waals surface area contributed by atoms with Crippen LogP contribution in [0.2, 0.25) is 0 Å². The van der Waals surface area contributed by atoms with E-state index >= 15 is 0 Å². The van der Waals surface area contributed by atoms with Crippen LogP contribution in [-0.4, -0.2) is 29.2 Å². The van der Waals surface area contributed by atoms with Crippen LogP contribution in [0, 0.1) is 0 Å². The van der Waals surface area contributed by atoms with Gasteiger partial charge in [-0.2, -0.15) is 15.3 Å². The molecule has 4 rings (SSSR count). The van der Waals surface area contributed by atoms with E-state index in [1.165, 1.54) is 5.56 Å². The SMILES string of the molecule is COc1ccc(/C=N/N=C2\CC(c3ccccc3)Cc3n[nH]c(=O)cc32)cc1. The van der Waals surface area contributed by atoms with Gasteiger partial charge in [-0.25, -0.2) is 5.10 Å². The summed E-state index contributed by atoms with van der Waals surface area (Å²) in [7, 11) is 1.63. The number of H-pyrrole nitrogens is 1. The van der Waals surface area contributed by atoms with Gasteiger partial charge in [-0.05, 0) is 54.2 Å². The molecular weight excluding hydrogens is 352 g/mol. The molecule has 6 nitrogen and oxygen atoms in total. The molecule has 1 aliphatic carbocycles. The van der Waals surface area contributed by atoms with E-state index in [2.05, 4.69) is 32.5 Å². The molecule has 6 heteroatoms. The van der Waals surface area contributed by atoms with E-state index in [-0.39, 0.29) is 11.5 Å². The molecular formula is C22H20N4O2. The van der Waals surface area contributed by atoms with E-state index in [0.717, 1.165) is 34.7 Å². The summed E-state index contributed by atoms with van der Waals surface area (Å²) in [6, 6.07) is 19.4. The van der Waals surface area contributed by atoms with Gasteiger partial charge in [0, 0.05) is 11.6 Å². The summed E-state index contributed by atoms with van der Waals surface area (Å²) < 4.78 is 5.16. The largest absolute Gasteiger partial charge is 0.497 e. The van der Waals surface area contributed by atoms with Crippen LogP contribution in [0.4, 0.5) is 0 Å². The number of methoxy groups -OCH3 is 1. The second-order valence-corrected chi connectivity index (χ2v) is 6.67. The molecule has 140 valence electrons. The second kappa shape index (κ2) is 8.00. The van der Waals surface area contributed by atoms with E-state index in [4.69, 9.17) is 4.74 Å². The van der Waals surface area contributed by atoms with Crippen LogP contribution < -0.4 is 10.3 Å². The minimum Gasteiger partial charge on any atom is -0.497 e. The van der Waals surface area contributed by atoms with E-state index in [9.17, 15) is 4.79 Å². The molecule has 0 aliphatic heterocycles. The van der Waals surface area contributed by atoms with Crippen molar-refractivity contribution >= 4 is 11.9 Å². The monoisotopic (exact) mass is 372 g/mol. The molecule has 1 heterocycles. The zero-order valence-corrected chi connectivity index (χ0v) is 15.5. The van der Waals surface area contributed by atoms with Crippen molar-refractivity contribution in [2.45, 2.75) is 18.8 Å². The van der Waals surface area contributed by atoms with Gasteiger partial charge in [0.15, 0.2) is 0 Å². The van der Waals surface area contributed by atoms with Gasteiger partial charge in [0.25, 0.3) is 5.56 Å². The topological polar surface area (TPSA) is 79.7 Å². The van der Waals surface area contributed by atoms with Gasteiger partial charge >= 0.3 is 0 Å². The standard InChI is InChI=1S/C22H20N4O2/c1-28-18-9-7-15(8-10-18)14-23-24-20-11-17(16-5-3-2-4-6-16)12-21-19(20)13-22(27)26-25-21/h2-10,13-14,17H,11-12H2,1H3,(H,26,27)/b23-14+,24-20+. The second-order valence-electron chi connectivity index (χ2n) is 6.67. The predicted octanol–water partition coefficient (Wildman–Crippen LogP) is 3.33. The molecule has 1 aliphatic rings. The molecule has 0 fully saturated rings. The lowest BCUT2D eigenvalue weighted by Gasteiger charge is -2.24. The van der Waals surface area contributed by atoms with E-state index in [1.807, 2.05) is 42.5 Å². The fraction of sp³-hybridized carbons (Fsp3) is 0.182. The van der Waals surface area contributed by atoms with Crippen LogP contribution in [0.15, 0.2) is 75.7 Å². The predicted molar refractivity (Wildman–Crippen MR) is 109 cm³/mol. The quantitative estimate of drug-likeness (QED) is 0.563. The van der Waals surface area contributed by atoms with Gasteiger partial charge in [0.2, 0.25) is 0 Å². The lowest BCUT2D eigenvalue weighted by Crippen LogP contribution is -2.24. The average Bonchev–Trinajstić information content (AvgIpc) is 2.75. The first-order valence-electron chi connectivity index (χ1n) is 9.11. The highest BCUT2D eigenvalue weighted by atomic mass is 16.5. The summed E-state index contributed by atoms with van der Waals surface area (Å²) in [5.41, 5.74) is 4.32. The number of aromatic nitrogens is 2. The average molecular weight is 372 g/mol. The van der Waals surface area contributed by atoms with Gasteiger partial charge in [0.1, 0.15) is 5.75 Å². The fourth-order valence-corrected chi connectivity index (χ4v) is 3.39. The summed E-state index contributed by atoms with van der Waals surface area (Å²) in [6.45, 7) is 0. The van der Waals surface area contributed by atoms with Gasteiger partial charge in [-0.3, -0.25) is 4.79 Å². The van der Waals surface area contributed by atoms with Crippen molar-refractivity contribution in [1.82, 2.24) is 10.2 Å². The van der Waals surface area contributed by atoms with Gasteiger partial charge < -0.3 is 4.74 Å². The summed E-state index contributed by atoms with van der Waals surface area (Å²) in [4.78, 5) is 11.8. The number of aromatic amines is 1. The highest BCUT2D eigenvalue weighted by molar-refractivity contribution is 6.03. The number of ether oxygens (including phenoxy) is 1. The van der Waals surface area contributed by atoms with Crippen molar-refractivity contribution in [3.63, 3.8) is 0 Å². The van der Waals surface area contributed by atoms with Crippen LogP contribution >= 0.6 is 0 Å². The van der Waals surface area contributed by atoms with Crippen LogP contribution in [-0.2, 0) is 6.42 Å². The molecule has 0 spiro atoms. The van der Waals surface area contributed by atoms with Crippen LogP contribution in [0.1, 0.15) is 34.7 Å².